The highest BCUT2D eigenvalue weighted by molar-refractivity contribution is 6.42. The second kappa shape index (κ2) is 11.1. The van der Waals surface area contributed by atoms with E-state index < -0.39 is 11.0 Å². The van der Waals surface area contributed by atoms with Crippen LogP contribution in [0.15, 0.2) is 42.5 Å². The van der Waals surface area contributed by atoms with E-state index in [9.17, 15) is 9.59 Å². The standard InChI is InChI=1S/C30H36Cl2N2O4/c1-20(35)38-30-11-10-24(33-28(36)15-22-8-9-26(31)27(32)14-22)17-29(30,23-4-3-5-25(16-23)37-2)12-13-34(19-30)18-21-6-7-21/h3-5,8-9,14,16,21,24H,6-7,10-13,15,17-19H2,1-2H3,(H,33,36). The van der Waals surface area contributed by atoms with Gasteiger partial charge in [-0.05, 0) is 86.4 Å². The number of amides is 1. The van der Waals surface area contributed by atoms with Gasteiger partial charge in [0.05, 0.1) is 23.6 Å². The normalized spacial score (nSPS) is 27.3. The number of nitrogens with zero attached hydrogens (tertiary/aromatic N) is 1. The molecule has 0 aromatic heterocycles. The van der Waals surface area contributed by atoms with Crippen LogP contribution in [0.2, 0.25) is 10.0 Å². The molecule has 0 bridgehead atoms. The van der Waals surface area contributed by atoms with Gasteiger partial charge in [-0.3, -0.25) is 14.5 Å². The maximum Gasteiger partial charge on any atom is 0.303 e. The lowest BCUT2D eigenvalue weighted by atomic mass is 9.55. The topological polar surface area (TPSA) is 67.9 Å². The zero-order chi connectivity index (χ0) is 26.9. The quantitative estimate of drug-likeness (QED) is 0.429. The molecule has 2 aliphatic carbocycles. The minimum Gasteiger partial charge on any atom is -0.497 e. The van der Waals surface area contributed by atoms with Crippen LogP contribution < -0.4 is 10.1 Å². The molecule has 204 valence electrons. The number of hydrogen-bond acceptors (Lipinski definition) is 5. The van der Waals surface area contributed by atoms with Crippen LogP contribution in [-0.4, -0.2) is 55.2 Å². The first-order valence-electron chi connectivity index (χ1n) is 13.5. The van der Waals surface area contributed by atoms with E-state index in [1.165, 1.54) is 19.8 Å². The molecule has 5 rings (SSSR count). The number of piperidine rings is 1. The predicted molar refractivity (Wildman–Crippen MR) is 149 cm³/mol. The van der Waals surface area contributed by atoms with Crippen molar-refractivity contribution in [2.75, 3.05) is 26.7 Å². The van der Waals surface area contributed by atoms with Crippen molar-refractivity contribution in [2.24, 2.45) is 5.92 Å². The zero-order valence-electron chi connectivity index (χ0n) is 22.1. The van der Waals surface area contributed by atoms with E-state index >= 15 is 0 Å². The summed E-state index contributed by atoms with van der Waals surface area (Å²) < 4.78 is 11.9. The third-order valence-corrected chi connectivity index (χ3v) is 9.33. The molecule has 3 atom stereocenters. The largest absolute Gasteiger partial charge is 0.497 e. The first-order valence-corrected chi connectivity index (χ1v) is 14.3. The molecular weight excluding hydrogens is 523 g/mol. The van der Waals surface area contributed by atoms with Crippen molar-refractivity contribution in [3.8, 4) is 5.75 Å². The number of nitrogens with one attached hydrogen (secondary N) is 1. The fraction of sp³-hybridized carbons (Fsp3) is 0.533. The number of hydrogen-bond donors (Lipinski definition) is 1. The highest BCUT2D eigenvalue weighted by Crippen LogP contribution is 2.54. The van der Waals surface area contributed by atoms with Crippen LogP contribution in [0.1, 0.15) is 56.6 Å². The van der Waals surface area contributed by atoms with Crippen molar-refractivity contribution in [1.82, 2.24) is 10.2 Å². The summed E-state index contributed by atoms with van der Waals surface area (Å²) in [5, 5.41) is 4.19. The summed E-state index contributed by atoms with van der Waals surface area (Å²) in [6.45, 7) is 4.21. The van der Waals surface area contributed by atoms with E-state index in [-0.39, 0.29) is 24.3 Å². The van der Waals surface area contributed by atoms with Gasteiger partial charge in [-0.1, -0.05) is 41.4 Å². The fourth-order valence-corrected chi connectivity index (χ4v) is 6.99. The number of carbonyl (C=O) groups excluding carboxylic acids is 2. The molecule has 0 radical (unpaired) electrons. The van der Waals surface area contributed by atoms with Crippen LogP contribution >= 0.6 is 23.2 Å². The maximum absolute atomic E-state index is 13.1. The Morgan fingerprint density at radius 2 is 1.89 bits per heavy atom. The highest BCUT2D eigenvalue weighted by Gasteiger charge is 2.61. The molecule has 1 amide bonds. The van der Waals surface area contributed by atoms with Crippen molar-refractivity contribution in [1.29, 1.82) is 0 Å². The van der Waals surface area contributed by atoms with Crippen LogP contribution in [0.4, 0.5) is 0 Å². The lowest BCUT2D eigenvalue weighted by Gasteiger charge is -2.59. The molecule has 0 spiro atoms. The SMILES string of the molecule is COc1cccc(C23CCN(CC4CC4)CC2(OC(C)=O)CCC(NC(=O)Cc2ccc(Cl)c(Cl)c2)C3)c1. The number of halogens is 2. The minimum atomic E-state index is -0.663. The van der Waals surface area contributed by atoms with Gasteiger partial charge < -0.3 is 14.8 Å². The van der Waals surface area contributed by atoms with E-state index in [0.29, 0.717) is 29.4 Å². The molecule has 1 heterocycles. The van der Waals surface area contributed by atoms with E-state index in [1.54, 1.807) is 19.2 Å². The molecule has 3 unspecified atom stereocenters. The molecular formula is C30H36Cl2N2O4. The second-order valence-electron chi connectivity index (χ2n) is 11.3. The van der Waals surface area contributed by atoms with Gasteiger partial charge in [-0.2, -0.15) is 0 Å². The number of rotatable bonds is 8. The number of fused-ring (bicyclic) bond motifs is 1. The van der Waals surface area contributed by atoms with E-state index in [1.807, 2.05) is 18.2 Å². The summed E-state index contributed by atoms with van der Waals surface area (Å²) in [6, 6.07) is 13.4. The van der Waals surface area contributed by atoms with Crippen LogP contribution in [0, 0.1) is 5.92 Å². The van der Waals surface area contributed by atoms with Gasteiger partial charge in [0, 0.05) is 31.5 Å². The number of ether oxygens (including phenoxy) is 2. The number of carbonyl (C=O) groups is 2. The van der Waals surface area contributed by atoms with Gasteiger partial charge in [-0.25, -0.2) is 0 Å². The van der Waals surface area contributed by atoms with Gasteiger partial charge in [0.15, 0.2) is 0 Å². The van der Waals surface area contributed by atoms with E-state index in [0.717, 1.165) is 48.7 Å². The summed E-state index contributed by atoms with van der Waals surface area (Å²) in [5.41, 5.74) is 0.821. The summed E-state index contributed by atoms with van der Waals surface area (Å²) >= 11 is 12.2. The van der Waals surface area contributed by atoms with Crippen molar-refractivity contribution in [3.63, 3.8) is 0 Å². The van der Waals surface area contributed by atoms with Crippen LogP contribution in [0.3, 0.4) is 0 Å². The summed E-state index contributed by atoms with van der Waals surface area (Å²) in [4.78, 5) is 28.2. The molecule has 1 saturated heterocycles. The zero-order valence-corrected chi connectivity index (χ0v) is 23.6. The molecule has 8 heteroatoms. The van der Waals surface area contributed by atoms with Crippen molar-refractivity contribution in [3.05, 3.63) is 63.6 Å². The molecule has 2 aromatic rings. The third-order valence-electron chi connectivity index (χ3n) is 8.59. The second-order valence-corrected chi connectivity index (χ2v) is 12.1. The Morgan fingerprint density at radius 1 is 1.08 bits per heavy atom. The number of benzene rings is 2. The summed E-state index contributed by atoms with van der Waals surface area (Å²) in [6.07, 6.45) is 5.75. The smallest absolute Gasteiger partial charge is 0.303 e. The van der Waals surface area contributed by atoms with Crippen molar-refractivity contribution >= 4 is 35.1 Å². The molecule has 38 heavy (non-hydrogen) atoms. The van der Waals surface area contributed by atoms with Crippen LogP contribution in [0.5, 0.6) is 5.75 Å². The van der Waals surface area contributed by atoms with Crippen LogP contribution in [-0.2, 0) is 26.2 Å². The Balaban J connectivity index is 1.43. The van der Waals surface area contributed by atoms with Crippen molar-refractivity contribution in [2.45, 2.75) is 68.9 Å². The molecule has 1 aliphatic heterocycles. The van der Waals surface area contributed by atoms with Gasteiger partial charge in [0.1, 0.15) is 11.4 Å². The first kappa shape index (κ1) is 27.3. The van der Waals surface area contributed by atoms with Crippen LogP contribution in [0.25, 0.3) is 0 Å². The highest BCUT2D eigenvalue weighted by atomic mass is 35.5. The molecule has 6 nitrogen and oxygen atoms in total. The Labute approximate surface area is 235 Å². The summed E-state index contributed by atoms with van der Waals surface area (Å²) in [7, 11) is 1.67. The molecule has 1 N–H and O–H groups in total. The summed E-state index contributed by atoms with van der Waals surface area (Å²) in [5.74, 6) is 1.22. The average Bonchev–Trinajstić information content (AvgIpc) is 3.70. The van der Waals surface area contributed by atoms with E-state index in [2.05, 4.69) is 22.3 Å². The molecule has 3 aliphatic rings. The Morgan fingerprint density at radius 3 is 2.61 bits per heavy atom. The van der Waals surface area contributed by atoms with Gasteiger partial charge >= 0.3 is 5.97 Å². The Bertz CT molecular complexity index is 1200. The lowest BCUT2D eigenvalue weighted by molar-refractivity contribution is -0.187. The maximum atomic E-state index is 13.1. The minimum absolute atomic E-state index is 0.0462. The van der Waals surface area contributed by atoms with Gasteiger partial charge in [0.25, 0.3) is 0 Å². The first-order chi connectivity index (χ1) is 18.2. The molecule has 3 fully saturated rings. The monoisotopic (exact) mass is 558 g/mol. The Kier molecular flexibility index (Phi) is 7.95. The number of methoxy groups -OCH3 is 1. The van der Waals surface area contributed by atoms with E-state index in [4.69, 9.17) is 32.7 Å². The predicted octanol–water partition coefficient (Wildman–Crippen LogP) is 5.57. The Hall–Kier alpha value is -2.28. The molecule has 2 aromatic carbocycles. The molecule has 2 saturated carbocycles. The number of esters is 1. The van der Waals surface area contributed by atoms with Gasteiger partial charge in [0.2, 0.25) is 5.91 Å². The van der Waals surface area contributed by atoms with Crippen molar-refractivity contribution < 1.29 is 19.1 Å². The third kappa shape index (κ3) is 5.68. The fourth-order valence-electron chi connectivity index (χ4n) is 6.67. The number of likely N-dealkylation sites (tertiary alicyclic amines) is 1. The average molecular weight is 560 g/mol. The van der Waals surface area contributed by atoms with Gasteiger partial charge in [-0.15, -0.1) is 0 Å². The lowest BCUT2D eigenvalue weighted by Crippen LogP contribution is -2.68.